The van der Waals surface area contributed by atoms with E-state index in [1.807, 2.05) is 43.3 Å². The third-order valence-electron chi connectivity index (χ3n) is 5.79. The highest BCUT2D eigenvalue weighted by Gasteiger charge is 2.25. The van der Waals surface area contributed by atoms with Crippen LogP contribution in [0.1, 0.15) is 40.0 Å². The van der Waals surface area contributed by atoms with E-state index in [1.165, 1.54) is 0 Å². The van der Waals surface area contributed by atoms with Crippen LogP contribution in [0.3, 0.4) is 0 Å². The van der Waals surface area contributed by atoms with Crippen molar-refractivity contribution in [1.29, 1.82) is 0 Å². The van der Waals surface area contributed by atoms with E-state index in [2.05, 4.69) is 20.1 Å². The molecule has 1 amide bonds. The quantitative estimate of drug-likeness (QED) is 0.611. The second-order valence-corrected chi connectivity index (χ2v) is 7.85. The first-order valence-corrected chi connectivity index (χ1v) is 10.7. The number of amides is 1. The van der Waals surface area contributed by atoms with Crippen molar-refractivity contribution in [3.63, 3.8) is 0 Å². The van der Waals surface area contributed by atoms with Crippen LogP contribution in [0.5, 0.6) is 11.5 Å². The van der Waals surface area contributed by atoms with E-state index in [0.29, 0.717) is 6.42 Å². The van der Waals surface area contributed by atoms with E-state index in [4.69, 9.17) is 15.2 Å². The molecule has 1 aliphatic rings. The molecule has 4 rings (SSSR count). The summed E-state index contributed by atoms with van der Waals surface area (Å²) in [5, 5.41) is 8.55. The first-order chi connectivity index (χ1) is 15.5. The number of carbonyl (C=O) groups excluding carboxylic acids is 1. The normalized spacial score (nSPS) is 14.2. The highest BCUT2D eigenvalue weighted by molar-refractivity contribution is 5.93. The zero-order valence-electron chi connectivity index (χ0n) is 18.3. The minimum Gasteiger partial charge on any atom is -0.497 e. The molecule has 8 nitrogen and oxygen atoms in total. The fourth-order valence-electron chi connectivity index (χ4n) is 4.00. The molecule has 166 valence electrons. The van der Waals surface area contributed by atoms with Crippen LogP contribution in [0.4, 0.5) is 5.82 Å². The molecule has 0 atom stereocenters. The van der Waals surface area contributed by atoms with Crippen LogP contribution in [0.15, 0.2) is 48.8 Å². The summed E-state index contributed by atoms with van der Waals surface area (Å²) < 4.78 is 11.3. The van der Waals surface area contributed by atoms with Gasteiger partial charge in [0.05, 0.1) is 7.11 Å². The van der Waals surface area contributed by atoms with Crippen molar-refractivity contribution >= 4 is 11.7 Å². The summed E-state index contributed by atoms with van der Waals surface area (Å²) in [5.74, 6) is 1.87. The lowest BCUT2D eigenvalue weighted by molar-refractivity contribution is 0.0993. The van der Waals surface area contributed by atoms with Gasteiger partial charge in [0.15, 0.2) is 11.5 Å². The lowest BCUT2D eigenvalue weighted by atomic mass is 9.99. The molecule has 0 aliphatic carbocycles. The number of aromatic nitrogens is 3. The Morgan fingerprint density at radius 3 is 2.34 bits per heavy atom. The number of pyridine rings is 1. The minimum absolute atomic E-state index is 0.133. The van der Waals surface area contributed by atoms with Crippen LogP contribution in [-0.4, -0.2) is 47.4 Å². The van der Waals surface area contributed by atoms with Crippen molar-refractivity contribution in [2.24, 2.45) is 5.73 Å². The van der Waals surface area contributed by atoms with Crippen LogP contribution >= 0.6 is 0 Å². The summed E-state index contributed by atoms with van der Waals surface area (Å²) in [6.45, 7) is 3.56. The zero-order chi connectivity index (χ0) is 22.5. The maximum absolute atomic E-state index is 12.0. The molecule has 2 aromatic heterocycles. The van der Waals surface area contributed by atoms with Crippen molar-refractivity contribution < 1.29 is 14.3 Å². The van der Waals surface area contributed by atoms with Crippen molar-refractivity contribution in [2.75, 3.05) is 25.1 Å². The van der Waals surface area contributed by atoms with Gasteiger partial charge in [-0.05, 0) is 60.0 Å². The average Bonchev–Trinajstić information content (AvgIpc) is 2.82. The second-order valence-electron chi connectivity index (χ2n) is 7.85. The Morgan fingerprint density at radius 2 is 1.72 bits per heavy atom. The van der Waals surface area contributed by atoms with Gasteiger partial charge in [0.2, 0.25) is 0 Å². The summed E-state index contributed by atoms with van der Waals surface area (Å²) in [7, 11) is 1.65. The molecule has 1 aromatic carbocycles. The standard InChI is InChI=1S/C24H27N5O3/c1-16-21(15-17-7-11-26-12-8-17)22(23(25)30)27-28-24(16)29-13-9-20(10-14-29)32-19-5-3-18(31-2)4-6-19/h3-8,11-12,20H,9-10,13-15H2,1-2H3,(H2,25,30). The molecule has 1 aliphatic heterocycles. The number of hydrogen-bond donors (Lipinski definition) is 1. The predicted octanol–water partition coefficient (Wildman–Crippen LogP) is 2.93. The summed E-state index contributed by atoms with van der Waals surface area (Å²) in [6.07, 6.45) is 5.88. The van der Waals surface area contributed by atoms with Gasteiger partial charge in [-0.3, -0.25) is 9.78 Å². The maximum Gasteiger partial charge on any atom is 0.269 e. The molecule has 2 N–H and O–H groups in total. The molecular formula is C24H27N5O3. The third-order valence-corrected chi connectivity index (χ3v) is 5.79. The topological polar surface area (TPSA) is 103 Å². The molecule has 0 saturated carbocycles. The number of rotatable bonds is 7. The summed E-state index contributed by atoms with van der Waals surface area (Å²) in [6, 6.07) is 11.5. The van der Waals surface area contributed by atoms with Crippen LogP contribution < -0.4 is 20.1 Å². The van der Waals surface area contributed by atoms with Gasteiger partial charge in [0, 0.05) is 44.7 Å². The van der Waals surface area contributed by atoms with E-state index in [1.54, 1.807) is 19.5 Å². The van der Waals surface area contributed by atoms with Gasteiger partial charge in [0.1, 0.15) is 17.6 Å². The number of primary amides is 1. The van der Waals surface area contributed by atoms with Crippen molar-refractivity contribution in [1.82, 2.24) is 15.2 Å². The summed E-state index contributed by atoms with van der Waals surface area (Å²) in [4.78, 5) is 18.2. The highest BCUT2D eigenvalue weighted by Crippen LogP contribution is 2.28. The first kappa shape index (κ1) is 21.5. The molecule has 0 unspecified atom stereocenters. The number of nitrogens with two attached hydrogens (primary N) is 1. The highest BCUT2D eigenvalue weighted by atomic mass is 16.5. The van der Waals surface area contributed by atoms with Crippen molar-refractivity contribution in [3.05, 3.63) is 71.2 Å². The predicted molar refractivity (Wildman–Crippen MR) is 121 cm³/mol. The largest absolute Gasteiger partial charge is 0.497 e. The Hall–Kier alpha value is -3.68. The van der Waals surface area contributed by atoms with Gasteiger partial charge < -0.3 is 20.1 Å². The molecule has 1 fully saturated rings. The number of ether oxygens (including phenoxy) is 2. The van der Waals surface area contributed by atoms with E-state index in [9.17, 15) is 4.79 Å². The number of nitrogens with zero attached hydrogens (tertiary/aromatic N) is 4. The number of hydrogen-bond acceptors (Lipinski definition) is 7. The molecule has 1 saturated heterocycles. The fourth-order valence-corrected chi connectivity index (χ4v) is 4.00. The number of benzene rings is 1. The van der Waals surface area contributed by atoms with E-state index >= 15 is 0 Å². The molecular weight excluding hydrogens is 406 g/mol. The number of piperidine rings is 1. The number of methoxy groups -OCH3 is 1. The van der Waals surface area contributed by atoms with Crippen molar-refractivity contribution in [2.45, 2.75) is 32.3 Å². The van der Waals surface area contributed by atoms with Crippen LogP contribution in [0, 0.1) is 6.92 Å². The van der Waals surface area contributed by atoms with Crippen molar-refractivity contribution in [3.8, 4) is 11.5 Å². The van der Waals surface area contributed by atoms with Gasteiger partial charge in [0.25, 0.3) is 5.91 Å². The Kier molecular flexibility index (Phi) is 6.49. The second kappa shape index (κ2) is 9.64. The Morgan fingerprint density at radius 1 is 1.06 bits per heavy atom. The molecule has 0 radical (unpaired) electrons. The van der Waals surface area contributed by atoms with E-state index in [-0.39, 0.29) is 11.8 Å². The molecule has 8 heteroatoms. The van der Waals surface area contributed by atoms with E-state index in [0.717, 1.165) is 59.9 Å². The number of anilines is 1. The first-order valence-electron chi connectivity index (χ1n) is 10.7. The van der Waals surface area contributed by atoms with Gasteiger partial charge in [-0.25, -0.2) is 0 Å². The van der Waals surface area contributed by atoms with Gasteiger partial charge in [-0.1, -0.05) is 0 Å². The summed E-state index contributed by atoms with van der Waals surface area (Å²) in [5.41, 5.74) is 8.59. The zero-order valence-corrected chi connectivity index (χ0v) is 18.3. The Labute approximate surface area is 187 Å². The number of carbonyl (C=O) groups is 1. The lowest BCUT2D eigenvalue weighted by Gasteiger charge is -2.34. The fraction of sp³-hybridized carbons (Fsp3) is 0.333. The van der Waals surface area contributed by atoms with Gasteiger partial charge >= 0.3 is 0 Å². The molecule has 3 aromatic rings. The summed E-state index contributed by atoms with van der Waals surface area (Å²) >= 11 is 0. The van der Waals surface area contributed by atoms with E-state index < -0.39 is 5.91 Å². The minimum atomic E-state index is -0.567. The van der Waals surface area contributed by atoms with Gasteiger partial charge in [-0.2, -0.15) is 0 Å². The monoisotopic (exact) mass is 433 g/mol. The molecule has 0 spiro atoms. The molecule has 32 heavy (non-hydrogen) atoms. The van der Waals surface area contributed by atoms with Crippen LogP contribution in [-0.2, 0) is 6.42 Å². The third kappa shape index (κ3) is 4.80. The van der Waals surface area contributed by atoms with Crippen LogP contribution in [0.25, 0.3) is 0 Å². The molecule has 3 heterocycles. The smallest absolute Gasteiger partial charge is 0.269 e. The Balaban J connectivity index is 1.48. The average molecular weight is 434 g/mol. The lowest BCUT2D eigenvalue weighted by Crippen LogP contribution is -2.39. The molecule has 0 bridgehead atoms. The van der Waals surface area contributed by atoms with Gasteiger partial charge in [-0.15, -0.1) is 10.2 Å². The SMILES string of the molecule is COc1ccc(OC2CCN(c3nnc(C(N)=O)c(Cc4ccncc4)c3C)CC2)cc1. The van der Waals surface area contributed by atoms with Crippen LogP contribution in [0.2, 0.25) is 0 Å². The maximum atomic E-state index is 12.0. The Bertz CT molecular complexity index is 1060.